The summed E-state index contributed by atoms with van der Waals surface area (Å²) in [5.74, 6) is 1.67. The molecule has 2 aromatic carbocycles. The van der Waals surface area contributed by atoms with Crippen molar-refractivity contribution in [2.45, 2.75) is 50.5 Å². The highest BCUT2D eigenvalue weighted by Crippen LogP contribution is 2.44. The number of rotatable bonds is 4. The van der Waals surface area contributed by atoms with Crippen molar-refractivity contribution in [1.82, 2.24) is 4.90 Å². The Balaban J connectivity index is 1.52. The minimum atomic E-state index is 0.529. The summed E-state index contributed by atoms with van der Waals surface area (Å²) in [6, 6.07) is 16.9. The van der Waals surface area contributed by atoms with E-state index in [0.717, 1.165) is 19.6 Å². The largest absolute Gasteiger partial charge is 0.508 e. The Kier molecular flexibility index (Phi) is 4.57. The van der Waals surface area contributed by atoms with Gasteiger partial charge in [-0.25, -0.2) is 0 Å². The van der Waals surface area contributed by atoms with Gasteiger partial charge in [0.15, 0.2) is 0 Å². The lowest BCUT2D eigenvalue weighted by Gasteiger charge is -2.22. The van der Waals surface area contributed by atoms with E-state index in [2.05, 4.69) is 41.3 Å². The van der Waals surface area contributed by atoms with Crippen molar-refractivity contribution in [3.63, 3.8) is 0 Å². The molecule has 2 aromatic rings. The molecule has 1 N–H and O–H groups in total. The summed E-state index contributed by atoms with van der Waals surface area (Å²) < 4.78 is 0. The average Bonchev–Trinajstić information content (AvgIpc) is 3.27. The summed E-state index contributed by atoms with van der Waals surface area (Å²) in [5.41, 5.74) is 4.07. The van der Waals surface area contributed by atoms with Crippen LogP contribution in [-0.2, 0) is 6.54 Å². The molecule has 0 unspecified atom stereocenters. The van der Waals surface area contributed by atoms with E-state index in [1.807, 2.05) is 12.1 Å². The maximum Gasteiger partial charge on any atom is 0.119 e. The molecule has 0 radical (unpaired) electrons. The van der Waals surface area contributed by atoms with Gasteiger partial charge in [-0.1, -0.05) is 55.3 Å². The van der Waals surface area contributed by atoms with Gasteiger partial charge in [0.25, 0.3) is 0 Å². The van der Waals surface area contributed by atoms with Gasteiger partial charge in [0.1, 0.15) is 5.75 Å². The van der Waals surface area contributed by atoms with E-state index in [1.54, 1.807) is 0 Å². The van der Waals surface area contributed by atoms with Gasteiger partial charge in [0, 0.05) is 18.7 Å². The molecule has 2 fully saturated rings. The van der Waals surface area contributed by atoms with Gasteiger partial charge in [0.2, 0.25) is 0 Å². The molecule has 1 heterocycles. The molecule has 0 amide bonds. The smallest absolute Gasteiger partial charge is 0.119 e. The van der Waals surface area contributed by atoms with Crippen LogP contribution >= 0.6 is 0 Å². The lowest BCUT2D eigenvalue weighted by atomic mass is 9.85. The molecular weight excluding hydrogens is 294 g/mol. The topological polar surface area (TPSA) is 23.5 Å². The van der Waals surface area contributed by atoms with Crippen LogP contribution in [0.15, 0.2) is 48.5 Å². The van der Waals surface area contributed by atoms with Crippen molar-refractivity contribution in [2.24, 2.45) is 0 Å². The van der Waals surface area contributed by atoms with Crippen LogP contribution in [0.3, 0.4) is 0 Å². The predicted octanol–water partition coefficient (Wildman–Crippen LogP) is 5.04. The standard InChI is InChI=1S/C22H27NO/c24-21-12-6-11-20(22(21)18-9-4-5-10-18)19-13-14-23(16-19)15-17-7-2-1-3-8-17/h1-3,6-8,11-12,18-19,24H,4-5,9-10,13-16H2/t19-/m1/s1. The van der Waals surface area contributed by atoms with Gasteiger partial charge >= 0.3 is 0 Å². The molecule has 1 atom stereocenters. The van der Waals surface area contributed by atoms with Crippen molar-refractivity contribution < 1.29 is 5.11 Å². The fraction of sp³-hybridized carbons (Fsp3) is 0.455. The first kappa shape index (κ1) is 15.7. The molecule has 126 valence electrons. The van der Waals surface area contributed by atoms with E-state index in [4.69, 9.17) is 0 Å². The first-order valence-electron chi connectivity index (χ1n) is 9.39. The van der Waals surface area contributed by atoms with E-state index in [9.17, 15) is 5.11 Å². The third-order valence-electron chi connectivity index (χ3n) is 5.84. The first-order valence-corrected chi connectivity index (χ1v) is 9.39. The number of nitrogens with zero attached hydrogens (tertiary/aromatic N) is 1. The highest BCUT2D eigenvalue weighted by atomic mass is 16.3. The zero-order chi connectivity index (χ0) is 16.4. The van der Waals surface area contributed by atoms with Crippen LogP contribution in [0.2, 0.25) is 0 Å². The number of hydrogen-bond donors (Lipinski definition) is 1. The van der Waals surface area contributed by atoms with E-state index in [0.29, 0.717) is 17.6 Å². The van der Waals surface area contributed by atoms with Crippen LogP contribution in [-0.4, -0.2) is 23.1 Å². The van der Waals surface area contributed by atoms with Crippen molar-refractivity contribution in [3.8, 4) is 5.75 Å². The van der Waals surface area contributed by atoms with E-state index >= 15 is 0 Å². The van der Waals surface area contributed by atoms with Gasteiger partial charge < -0.3 is 5.11 Å². The Hall–Kier alpha value is -1.80. The van der Waals surface area contributed by atoms with E-state index < -0.39 is 0 Å². The molecule has 4 rings (SSSR count). The summed E-state index contributed by atoms with van der Waals surface area (Å²) in [7, 11) is 0. The second-order valence-electron chi connectivity index (χ2n) is 7.47. The second kappa shape index (κ2) is 6.98. The molecule has 0 bridgehead atoms. The van der Waals surface area contributed by atoms with Crippen LogP contribution in [0.25, 0.3) is 0 Å². The Labute approximate surface area is 145 Å². The minimum absolute atomic E-state index is 0.529. The van der Waals surface area contributed by atoms with Crippen molar-refractivity contribution in [3.05, 3.63) is 65.2 Å². The summed E-state index contributed by atoms with van der Waals surface area (Å²) in [6.07, 6.45) is 6.30. The Morgan fingerprint density at radius 1 is 0.875 bits per heavy atom. The Morgan fingerprint density at radius 2 is 1.67 bits per heavy atom. The first-order chi connectivity index (χ1) is 11.8. The third-order valence-corrected chi connectivity index (χ3v) is 5.84. The normalized spacial score (nSPS) is 22.2. The molecule has 2 aliphatic rings. The third kappa shape index (κ3) is 3.21. The summed E-state index contributed by atoms with van der Waals surface area (Å²) >= 11 is 0. The summed E-state index contributed by atoms with van der Waals surface area (Å²) in [6.45, 7) is 3.30. The number of likely N-dealkylation sites (tertiary alicyclic amines) is 1. The number of phenolic OH excluding ortho intramolecular Hbond substituents is 1. The van der Waals surface area contributed by atoms with E-state index in [1.165, 1.54) is 48.8 Å². The van der Waals surface area contributed by atoms with Gasteiger partial charge in [-0.2, -0.15) is 0 Å². The molecule has 0 aromatic heterocycles. The molecule has 2 heteroatoms. The Morgan fingerprint density at radius 3 is 2.46 bits per heavy atom. The minimum Gasteiger partial charge on any atom is -0.508 e. The summed E-state index contributed by atoms with van der Waals surface area (Å²) in [5, 5.41) is 10.5. The number of phenols is 1. The van der Waals surface area contributed by atoms with Crippen LogP contribution < -0.4 is 0 Å². The fourth-order valence-corrected chi connectivity index (χ4v) is 4.66. The quantitative estimate of drug-likeness (QED) is 0.853. The Bertz CT molecular complexity index is 676. The van der Waals surface area contributed by atoms with Crippen molar-refractivity contribution >= 4 is 0 Å². The second-order valence-corrected chi connectivity index (χ2v) is 7.47. The molecule has 1 saturated heterocycles. The molecule has 2 nitrogen and oxygen atoms in total. The van der Waals surface area contributed by atoms with Crippen LogP contribution in [0.4, 0.5) is 0 Å². The van der Waals surface area contributed by atoms with Gasteiger partial charge in [0.05, 0.1) is 0 Å². The maximum atomic E-state index is 10.5. The molecule has 1 saturated carbocycles. The highest BCUT2D eigenvalue weighted by Gasteiger charge is 2.30. The molecular formula is C22H27NO. The highest BCUT2D eigenvalue weighted by molar-refractivity contribution is 5.44. The zero-order valence-corrected chi connectivity index (χ0v) is 14.3. The van der Waals surface area contributed by atoms with Crippen LogP contribution in [0.1, 0.15) is 60.6 Å². The lowest BCUT2D eigenvalue weighted by molar-refractivity contribution is 0.326. The van der Waals surface area contributed by atoms with Gasteiger partial charge in [-0.3, -0.25) is 4.90 Å². The average molecular weight is 321 g/mol. The van der Waals surface area contributed by atoms with Crippen molar-refractivity contribution in [2.75, 3.05) is 13.1 Å². The molecule has 1 aliphatic heterocycles. The van der Waals surface area contributed by atoms with Crippen LogP contribution in [0, 0.1) is 0 Å². The molecule has 24 heavy (non-hydrogen) atoms. The molecule has 0 spiro atoms. The SMILES string of the molecule is Oc1cccc([C@@H]2CCN(Cc3ccccc3)C2)c1C1CCCC1. The zero-order valence-electron chi connectivity index (χ0n) is 14.3. The summed E-state index contributed by atoms with van der Waals surface area (Å²) in [4.78, 5) is 2.56. The van der Waals surface area contributed by atoms with Gasteiger partial charge in [-0.05, 0) is 54.8 Å². The fourth-order valence-electron chi connectivity index (χ4n) is 4.66. The number of aromatic hydroxyl groups is 1. The number of hydrogen-bond acceptors (Lipinski definition) is 2. The van der Waals surface area contributed by atoms with Crippen molar-refractivity contribution in [1.29, 1.82) is 0 Å². The van der Waals surface area contributed by atoms with E-state index in [-0.39, 0.29) is 0 Å². The van der Waals surface area contributed by atoms with Gasteiger partial charge in [-0.15, -0.1) is 0 Å². The van der Waals surface area contributed by atoms with Crippen LogP contribution in [0.5, 0.6) is 5.75 Å². The molecule has 1 aliphatic carbocycles. The maximum absolute atomic E-state index is 10.5. The lowest BCUT2D eigenvalue weighted by Crippen LogP contribution is -2.20. The predicted molar refractivity (Wildman–Crippen MR) is 98.4 cm³/mol. The monoisotopic (exact) mass is 321 g/mol. The number of benzene rings is 2.